The van der Waals surface area contributed by atoms with Crippen molar-refractivity contribution in [1.82, 2.24) is 0 Å². The fourth-order valence-corrected chi connectivity index (χ4v) is 1.55. The molecule has 0 aliphatic carbocycles. The van der Waals surface area contributed by atoms with Gasteiger partial charge in [-0.15, -0.1) is 0 Å². The van der Waals surface area contributed by atoms with E-state index in [-0.39, 0.29) is 12.9 Å². The van der Waals surface area contributed by atoms with Crippen LogP contribution in [0.3, 0.4) is 0 Å². The number of hydrogen-bond donors (Lipinski definition) is 1. The molecule has 1 aromatic rings. The van der Waals surface area contributed by atoms with Crippen LogP contribution in [0.4, 0.5) is 14.5 Å². The molecule has 0 bridgehead atoms. The van der Waals surface area contributed by atoms with Gasteiger partial charge in [-0.25, -0.2) is 8.78 Å². The average molecular weight is 229 g/mol. The van der Waals surface area contributed by atoms with Gasteiger partial charge in [-0.1, -0.05) is 0 Å². The molecular formula is C11H13F2NO2. The predicted octanol–water partition coefficient (Wildman–Crippen LogP) is 2.14. The van der Waals surface area contributed by atoms with E-state index >= 15 is 0 Å². The molecule has 3 nitrogen and oxygen atoms in total. The molecular weight excluding hydrogens is 216 g/mol. The van der Waals surface area contributed by atoms with E-state index in [0.29, 0.717) is 18.8 Å². The third-order valence-electron chi connectivity index (χ3n) is 2.37. The summed E-state index contributed by atoms with van der Waals surface area (Å²) in [6.45, 7) is 1.46. The first-order chi connectivity index (χ1) is 7.74. The van der Waals surface area contributed by atoms with Crippen LogP contribution in [0.25, 0.3) is 0 Å². The van der Waals surface area contributed by atoms with E-state index in [9.17, 15) is 8.78 Å². The first kappa shape index (κ1) is 11.3. The molecule has 0 saturated carbocycles. The number of rotatable bonds is 3. The fraction of sp³-hybridized carbons (Fsp3) is 0.455. The van der Waals surface area contributed by atoms with Gasteiger partial charge in [-0.2, -0.15) is 0 Å². The van der Waals surface area contributed by atoms with E-state index in [2.05, 4.69) is 5.32 Å². The zero-order valence-corrected chi connectivity index (χ0v) is 8.71. The van der Waals surface area contributed by atoms with Gasteiger partial charge in [0.05, 0.1) is 12.7 Å². The Labute approximate surface area is 92.4 Å². The lowest BCUT2D eigenvalue weighted by Crippen LogP contribution is -2.30. The maximum Gasteiger partial charge on any atom is 0.147 e. The van der Waals surface area contributed by atoms with Gasteiger partial charge in [0.1, 0.15) is 18.4 Å². The Morgan fingerprint density at radius 3 is 2.62 bits per heavy atom. The zero-order valence-electron chi connectivity index (χ0n) is 8.71. The molecule has 1 unspecified atom stereocenters. The predicted molar refractivity (Wildman–Crippen MR) is 55.2 cm³/mol. The summed E-state index contributed by atoms with van der Waals surface area (Å²) in [5.74, 6) is -1.18. The van der Waals surface area contributed by atoms with Crippen molar-refractivity contribution < 1.29 is 18.3 Å². The summed E-state index contributed by atoms with van der Waals surface area (Å²) in [5, 5.41) is 2.94. The third kappa shape index (κ3) is 3.15. The van der Waals surface area contributed by atoms with Gasteiger partial charge < -0.3 is 14.8 Å². The molecule has 5 heteroatoms. The second kappa shape index (κ2) is 5.23. The Morgan fingerprint density at radius 1 is 1.25 bits per heavy atom. The average Bonchev–Trinajstić information content (AvgIpc) is 2.27. The van der Waals surface area contributed by atoms with Crippen LogP contribution in [-0.4, -0.2) is 26.0 Å². The van der Waals surface area contributed by atoms with Crippen molar-refractivity contribution in [3.05, 3.63) is 29.8 Å². The lowest BCUT2D eigenvalue weighted by Gasteiger charge is -2.23. The first-order valence-corrected chi connectivity index (χ1v) is 5.13. The standard InChI is InChI=1S/C11H13F2NO2/c12-8-3-9(13)5-10(4-8)14-6-11-1-2-15-7-16-11/h3-5,11,14H,1-2,6-7H2. The molecule has 0 radical (unpaired) electrons. The van der Waals surface area contributed by atoms with Crippen LogP contribution in [0.1, 0.15) is 6.42 Å². The van der Waals surface area contributed by atoms with Crippen LogP contribution < -0.4 is 5.32 Å². The molecule has 1 aliphatic heterocycles. The van der Waals surface area contributed by atoms with E-state index in [0.717, 1.165) is 12.5 Å². The maximum atomic E-state index is 12.9. The smallest absolute Gasteiger partial charge is 0.147 e. The number of nitrogens with one attached hydrogen (secondary N) is 1. The van der Waals surface area contributed by atoms with Crippen LogP contribution in [-0.2, 0) is 9.47 Å². The molecule has 16 heavy (non-hydrogen) atoms. The van der Waals surface area contributed by atoms with Crippen molar-refractivity contribution in [3.8, 4) is 0 Å². The van der Waals surface area contributed by atoms with Gasteiger partial charge in [-0.3, -0.25) is 0 Å². The fourth-order valence-electron chi connectivity index (χ4n) is 1.55. The summed E-state index contributed by atoms with van der Waals surface area (Å²) < 4.78 is 36.0. The molecule has 1 aromatic carbocycles. The van der Waals surface area contributed by atoms with Crippen molar-refractivity contribution in [2.75, 3.05) is 25.3 Å². The van der Waals surface area contributed by atoms with Crippen molar-refractivity contribution in [3.63, 3.8) is 0 Å². The summed E-state index contributed by atoms with van der Waals surface area (Å²) >= 11 is 0. The molecule has 0 aromatic heterocycles. The molecule has 1 N–H and O–H groups in total. The van der Waals surface area contributed by atoms with Crippen LogP contribution in [0, 0.1) is 11.6 Å². The third-order valence-corrected chi connectivity index (χ3v) is 2.37. The topological polar surface area (TPSA) is 30.5 Å². The molecule has 1 heterocycles. The van der Waals surface area contributed by atoms with Gasteiger partial charge in [0.2, 0.25) is 0 Å². The van der Waals surface area contributed by atoms with Crippen LogP contribution >= 0.6 is 0 Å². The molecule has 1 saturated heterocycles. The number of anilines is 1. The van der Waals surface area contributed by atoms with E-state index in [1.54, 1.807) is 0 Å². The highest BCUT2D eigenvalue weighted by Crippen LogP contribution is 2.14. The largest absolute Gasteiger partial charge is 0.382 e. The van der Waals surface area contributed by atoms with Crippen molar-refractivity contribution in [2.24, 2.45) is 0 Å². The second-order valence-electron chi connectivity index (χ2n) is 3.64. The van der Waals surface area contributed by atoms with Gasteiger partial charge in [0.15, 0.2) is 0 Å². The van der Waals surface area contributed by atoms with Crippen molar-refractivity contribution >= 4 is 5.69 Å². The second-order valence-corrected chi connectivity index (χ2v) is 3.64. The minimum atomic E-state index is -0.588. The van der Waals surface area contributed by atoms with E-state index in [1.807, 2.05) is 0 Å². The Kier molecular flexibility index (Phi) is 3.69. The summed E-state index contributed by atoms with van der Waals surface area (Å²) in [4.78, 5) is 0. The minimum Gasteiger partial charge on any atom is -0.382 e. The maximum absolute atomic E-state index is 12.9. The quantitative estimate of drug-likeness (QED) is 0.861. The molecule has 0 spiro atoms. The Bertz CT molecular complexity index is 334. The molecule has 1 aliphatic rings. The normalized spacial score (nSPS) is 20.8. The summed E-state index contributed by atoms with van der Waals surface area (Å²) in [7, 11) is 0. The van der Waals surface area contributed by atoms with Crippen molar-refractivity contribution in [1.29, 1.82) is 0 Å². The highest BCUT2D eigenvalue weighted by atomic mass is 19.1. The highest BCUT2D eigenvalue weighted by Gasteiger charge is 2.13. The Hall–Kier alpha value is -1.20. The van der Waals surface area contributed by atoms with Gasteiger partial charge in [-0.05, 0) is 18.6 Å². The molecule has 2 rings (SSSR count). The lowest BCUT2D eigenvalue weighted by atomic mass is 10.2. The lowest BCUT2D eigenvalue weighted by molar-refractivity contribution is -0.133. The number of benzene rings is 1. The SMILES string of the molecule is Fc1cc(F)cc(NCC2CCOCO2)c1. The monoisotopic (exact) mass is 229 g/mol. The van der Waals surface area contributed by atoms with Crippen LogP contribution in [0.15, 0.2) is 18.2 Å². The highest BCUT2D eigenvalue weighted by molar-refractivity contribution is 5.43. The zero-order chi connectivity index (χ0) is 11.4. The molecule has 1 atom stereocenters. The minimum absolute atomic E-state index is 0.0279. The number of halogens is 2. The van der Waals surface area contributed by atoms with E-state index < -0.39 is 11.6 Å². The van der Waals surface area contributed by atoms with Gasteiger partial charge in [0.25, 0.3) is 0 Å². The first-order valence-electron chi connectivity index (χ1n) is 5.13. The Morgan fingerprint density at radius 2 is 2.00 bits per heavy atom. The summed E-state index contributed by atoms with van der Waals surface area (Å²) in [6.07, 6.45) is 0.810. The molecule has 0 amide bonds. The molecule has 1 fully saturated rings. The van der Waals surface area contributed by atoms with Gasteiger partial charge in [0, 0.05) is 18.3 Å². The Balaban J connectivity index is 1.88. The summed E-state index contributed by atoms with van der Waals surface area (Å²) in [6, 6.07) is 3.35. The molecule has 88 valence electrons. The summed E-state index contributed by atoms with van der Waals surface area (Å²) in [5.41, 5.74) is 0.424. The van der Waals surface area contributed by atoms with Crippen molar-refractivity contribution in [2.45, 2.75) is 12.5 Å². The van der Waals surface area contributed by atoms with Gasteiger partial charge >= 0.3 is 0 Å². The number of ether oxygens (including phenoxy) is 2. The van der Waals surface area contributed by atoms with E-state index in [1.165, 1.54) is 12.1 Å². The van der Waals surface area contributed by atoms with Crippen LogP contribution in [0.2, 0.25) is 0 Å². The number of hydrogen-bond acceptors (Lipinski definition) is 3. The van der Waals surface area contributed by atoms with E-state index in [4.69, 9.17) is 9.47 Å². The van der Waals surface area contributed by atoms with Crippen LogP contribution in [0.5, 0.6) is 0 Å².